The van der Waals surface area contributed by atoms with E-state index in [1.807, 2.05) is 57.2 Å². The molecule has 3 aliphatic heterocycles. The largest absolute Gasteiger partial charge is 0.483 e. The molecule has 6 aliphatic rings. The molecule has 2 N–H and O–H groups in total. The minimum absolute atomic E-state index is 0. The van der Waals surface area contributed by atoms with Crippen LogP contribution in [0.2, 0.25) is 0 Å². The normalized spacial score (nSPS) is 31.0. The summed E-state index contributed by atoms with van der Waals surface area (Å²) >= 11 is 0. The number of nitrogens with one attached hydrogen (secondary N) is 2. The zero-order valence-corrected chi connectivity index (χ0v) is 33.3. The minimum Gasteiger partial charge on any atom is -0.483 e. The highest BCUT2D eigenvalue weighted by molar-refractivity contribution is 7.91. The van der Waals surface area contributed by atoms with E-state index in [0.717, 1.165) is 54.3 Å². The third-order valence-electron chi connectivity index (χ3n) is 13.6. The van der Waals surface area contributed by atoms with Crippen molar-refractivity contribution in [3.8, 4) is 5.75 Å². The number of benzene rings is 1. The van der Waals surface area contributed by atoms with Gasteiger partial charge in [-0.05, 0) is 96.0 Å². The van der Waals surface area contributed by atoms with Gasteiger partial charge in [0.25, 0.3) is 0 Å². The number of para-hydroxylation sites is 1. The van der Waals surface area contributed by atoms with E-state index >= 15 is 0 Å². The maximum absolute atomic E-state index is 14.8. The number of carbonyl (C=O) groups is 4. The van der Waals surface area contributed by atoms with Crippen LogP contribution in [0.15, 0.2) is 36.4 Å². The lowest BCUT2D eigenvalue weighted by atomic mass is 9.85. The average Bonchev–Trinajstić information content (AvgIpc) is 4.09. The van der Waals surface area contributed by atoms with Crippen LogP contribution in [0.1, 0.15) is 123 Å². The molecule has 304 valence electrons. The highest BCUT2D eigenvalue weighted by Gasteiger charge is 2.63. The molecule has 56 heavy (non-hydrogen) atoms. The predicted molar refractivity (Wildman–Crippen MR) is 212 cm³/mol. The first-order valence-corrected chi connectivity index (χ1v) is 21.7. The first-order chi connectivity index (χ1) is 26.1. The second-order valence-electron chi connectivity index (χ2n) is 17.9. The molecule has 1 aromatic heterocycles. The number of pyridine rings is 1. The van der Waals surface area contributed by atoms with Gasteiger partial charge >= 0.3 is 6.09 Å². The SMILES string of the molecule is C.Cc1nc2ccccc2c2c1O[C@]1(CC2)C[C@H]2C(=O)C[C@]3(C(=O)NS(=O)(=O)C4(C)CC4)C[C@H]3/C=C\CCCCC[C@H](NC(=O)OC3(C(C)C)CC3)C(=O)N2C1. The third-order valence-corrected chi connectivity index (χ3v) is 15.8. The quantitative estimate of drug-likeness (QED) is 0.307. The summed E-state index contributed by atoms with van der Waals surface area (Å²) in [6.45, 7) is 7.69. The molecule has 2 aromatic rings. The molecule has 0 radical (unpaired) electrons. The first kappa shape index (κ1) is 40.2. The van der Waals surface area contributed by atoms with Gasteiger partial charge in [-0.1, -0.05) is 64.5 Å². The van der Waals surface area contributed by atoms with E-state index in [2.05, 4.69) is 10.0 Å². The number of amides is 3. The number of allylic oxidation sites excluding steroid dienone is 2. The molecule has 4 heterocycles. The summed E-state index contributed by atoms with van der Waals surface area (Å²) in [4.78, 5) is 63.5. The van der Waals surface area contributed by atoms with Crippen molar-refractivity contribution in [1.29, 1.82) is 0 Å². The van der Waals surface area contributed by atoms with Crippen LogP contribution in [0.25, 0.3) is 10.9 Å². The number of ketones is 1. The molecule has 3 saturated carbocycles. The number of fused-ring (bicyclic) bond motifs is 5. The molecule has 3 amide bonds. The van der Waals surface area contributed by atoms with Gasteiger partial charge in [-0.15, -0.1) is 0 Å². The molecule has 5 atom stereocenters. The summed E-state index contributed by atoms with van der Waals surface area (Å²) in [5.41, 5.74) is -0.0341. The zero-order chi connectivity index (χ0) is 39.0. The molecule has 3 aliphatic carbocycles. The van der Waals surface area contributed by atoms with Crippen molar-refractivity contribution in [3.05, 3.63) is 47.7 Å². The molecule has 1 saturated heterocycles. The number of ether oxygens (including phenoxy) is 2. The van der Waals surface area contributed by atoms with Crippen molar-refractivity contribution in [2.75, 3.05) is 6.54 Å². The lowest BCUT2D eigenvalue weighted by Gasteiger charge is -2.36. The molecule has 13 heteroatoms. The second kappa shape index (κ2) is 14.4. The number of rotatable bonds is 6. The maximum Gasteiger partial charge on any atom is 0.408 e. The van der Waals surface area contributed by atoms with Crippen molar-refractivity contribution in [3.63, 3.8) is 0 Å². The summed E-state index contributed by atoms with van der Waals surface area (Å²) in [6, 6.07) is 6.05. The van der Waals surface area contributed by atoms with E-state index in [-0.39, 0.29) is 50.3 Å². The van der Waals surface area contributed by atoms with Crippen LogP contribution in [-0.4, -0.2) is 76.6 Å². The molecule has 8 rings (SSSR count). The van der Waals surface area contributed by atoms with E-state index in [4.69, 9.17) is 14.5 Å². The Hall–Kier alpha value is -4.00. The molecule has 12 nitrogen and oxygen atoms in total. The number of Topliss-reactive ketones (excluding diaryl/α,β-unsaturated/α-hetero) is 1. The Morgan fingerprint density at radius 3 is 2.50 bits per heavy atom. The van der Waals surface area contributed by atoms with Gasteiger partial charge in [0.1, 0.15) is 23.0 Å². The summed E-state index contributed by atoms with van der Waals surface area (Å²) < 4.78 is 40.7. The maximum atomic E-state index is 14.8. The number of hydrogen-bond donors (Lipinski definition) is 2. The number of hydrogen-bond acceptors (Lipinski definition) is 9. The molecule has 1 spiro atoms. The molecule has 1 aromatic carbocycles. The van der Waals surface area contributed by atoms with Crippen molar-refractivity contribution in [2.24, 2.45) is 17.3 Å². The zero-order valence-electron chi connectivity index (χ0n) is 32.4. The van der Waals surface area contributed by atoms with Crippen LogP contribution in [-0.2, 0) is 35.6 Å². The Kier molecular flexibility index (Phi) is 10.4. The van der Waals surface area contributed by atoms with E-state index in [9.17, 15) is 27.6 Å². The fourth-order valence-corrected chi connectivity index (χ4v) is 10.6. The Morgan fingerprint density at radius 2 is 1.79 bits per heavy atom. The molecular formula is C43H58N4O8S. The Balaban J connectivity index is 0.00000480. The number of aryl methyl sites for hydroxylation is 2. The van der Waals surface area contributed by atoms with Crippen LogP contribution >= 0.6 is 0 Å². The lowest BCUT2D eigenvalue weighted by molar-refractivity contribution is -0.140. The molecule has 0 unspecified atom stereocenters. The average molecular weight is 791 g/mol. The Labute approximate surface area is 331 Å². The van der Waals surface area contributed by atoms with Gasteiger partial charge < -0.3 is 19.7 Å². The van der Waals surface area contributed by atoms with Crippen LogP contribution in [0.4, 0.5) is 4.79 Å². The Bertz CT molecular complexity index is 2070. The first-order valence-electron chi connectivity index (χ1n) is 20.2. The lowest BCUT2D eigenvalue weighted by Crippen LogP contribution is -2.53. The second-order valence-corrected chi connectivity index (χ2v) is 20.1. The van der Waals surface area contributed by atoms with Gasteiger partial charge in [0.2, 0.25) is 21.8 Å². The Morgan fingerprint density at radius 1 is 1.04 bits per heavy atom. The number of carbonyl (C=O) groups excluding carboxylic acids is 4. The van der Waals surface area contributed by atoms with E-state index in [0.29, 0.717) is 50.7 Å². The summed E-state index contributed by atoms with van der Waals surface area (Å²) in [5.74, 6) is -0.861. The fraction of sp³-hybridized carbons (Fsp3) is 0.651. The highest BCUT2D eigenvalue weighted by Crippen LogP contribution is 2.58. The van der Waals surface area contributed by atoms with Crippen molar-refractivity contribution in [1.82, 2.24) is 19.9 Å². The van der Waals surface area contributed by atoms with E-state index in [1.165, 1.54) is 0 Å². The van der Waals surface area contributed by atoms with Crippen molar-refractivity contribution < 1.29 is 37.1 Å². The number of aromatic nitrogens is 1. The van der Waals surface area contributed by atoms with Gasteiger partial charge in [0, 0.05) is 23.8 Å². The predicted octanol–water partition coefficient (Wildman–Crippen LogP) is 6.61. The number of sulfonamides is 1. The molecular weight excluding hydrogens is 733 g/mol. The smallest absolute Gasteiger partial charge is 0.408 e. The summed E-state index contributed by atoms with van der Waals surface area (Å²) in [7, 11) is -3.94. The van der Waals surface area contributed by atoms with Crippen LogP contribution in [0.5, 0.6) is 5.75 Å². The van der Waals surface area contributed by atoms with Crippen LogP contribution < -0.4 is 14.8 Å². The third kappa shape index (κ3) is 7.21. The van der Waals surface area contributed by atoms with Crippen LogP contribution in [0, 0.1) is 24.2 Å². The summed E-state index contributed by atoms with van der Waals surface area (Å²) in [6.07, 6.45) is 10.8. The van der Waals surface area contributed by atoms with Crippen molar-refractivity contribution >= 4 is 44.6 Å². The topological polar surface area (TPSA) is 161 Å². The van der Waals surface area contributed by atoms with Gasteiger partial charge in [-0.3, -0.25) is 19.1 Å². The standard InChI is InChI=1S/C42H54N4O8S.CH4/c1-26(2)42(20-21-42)54-38(50)44-32-15-9-7-5-6-8-12-28-22-41(28,37(49)45-55(51,52)39(4)18-19-39)24-34(47)33-23-40(25-46(33)36(32)48)17-16-30-29-13-10-11-14-31(29)43-27(3)35(30)53-40;/h8,10-14,26,28,32-33H,5-7,9,15-25H2,1-4H3,(H,44,50)(H,45,49);1H4/b12-8-;/t28-,32+,33+,40-,41-;/m1./s1. The van der Waals surface area contributed by atoms with Crippen LogP contribution in [0.3, 0.4) is 0 Å². The van der Waals surface area contributed by atoms with Gasteiger partial charge in [0.05, 0.1) is 34.0 Å². The molecule has 0 bridgehead atoms. The summed E-state index contributed by atoms with van der Waals surface area (Å²) in [5, 5.41) is 3.91. The monoisotopic (exact) mass is 790 g/mol. The van der Waals surface area contributed by atoms with E-state index < -0.39 is 55.5 Å². The minimum atomic E-state index is -3.94. The number of alkyl carbamates (subject to hydrolysis) is 1. The van der Waals surface area contributed by atoms with Crippen molar-refractivity contribution in [2.45, 2.75) is 153 Å². The van der Waals surface area contributed by atoms with Gasteiger partial charge in [-0.2, -0.15) is 0 Å². The fourth-order valence-electron chi connectivity index (χ4n) is 9.26. The van der Waals surface area contributed by atoms with Gasteiger partial charge in [-0.25, -0.2) is 18.2 Å². The number of nitrogens with zero attached hydrogens (tertiary/aromatic N) is 2. The van der Waals surface area contributed by atoms with E-state index in [1.54, 1.807) is 11.8 Å². The molecule has 4 fully saturated rings. The highest BCUT2D eigenvalue weighted by atomic mass is 32.2. The van der Waals surface area contributed by atoms with Gasteiger partial charge in [0.15, 0.2) is 5.78 Å².